The summed E-state index contributed by atoms with van der Waals surface area (Å²) < 4.78 is 10.2. The third kappa shape index (κ3) is 7.04. The number of methoxy groups -OCH3 is 1. The summed E-state index contributed by atoms with van der Waals surface area (Å²) in [5.74, 6) is -0.338. The topological polar surface area (TPSA) is 79.9 Å². The van der Waals surface area contributed by atoms with Gasteiger partial charge in [-0.05, 0) is 6.42 Å². The molecule has 0 spiro atoms. The van der Waals surface area contributed by atoms with Crippen LogP contribution >= 0.6 is 12.4 Å². The van der Waals surface area contributed by atoms with Gasteiger partial charge in [-0.2, -0.15) is 0 Å². The minimum absolute atomic E-state index is 0. The van der Waals surface area contributed by atoms with Gasteiger partial charge in [0.05, 0.1) is 13.2 Å². The van der Waals surface area contributed by atoms with E-state index in [9.17, 15) is 9.59 Å². The normalized spacial score (nSPS) is 18.0. The molecule has 2 N–H and O–H groups in total. The first-order valence-corrected chi connectivity index (χ1v) is 6.48. The van der Waals surface area contributed by atoms with Crippen LogP contribution in [0.1, 0.15) is 6.42 Å². The molecule has 0 saturated carbocycles. The van der Waals surface area contributed by atoms with Crippen LogP contribution in [0.2, 0.25) is 0 Å². The molecule has 1 saturated heterocycles. The minimum atomic E-state index is -0.486. The Morgan fingerprint density at radius 3 is 2.85 bits per heavy atom. The number of amides is 2. The van der Waals surface area contributed by atoms with Crippen molar-refractivity contribution in [3.8, 4) is 0 Å². The van der Waals surface area contributed by atoms with Crippen molar-refractivity contribution < 1.29 is 19.1 Å². The number of ether oxygens (including phenoxy) is 2. The molecule has 1 rings (SSSR count). The number of morpholine rings is 1. The summed E-state index contributed by atoms with van der Waals surface area (Å²) in [5, 5.41) is 5.82. The quantitative estimate of drug-likeness (QED) is 0.590. The standard InChI is InChI=1S/C12H23N3O4.ClH/c1-15(9-11(16)14-4-3-6-18-2)12(17)10-8-13-5-7-19-10;/h10,13H,3-9H2,1-2H3,(H,14,16);1H. The number of halogens is 1. The van der Waals surface area contributed by atoms with Crippen LogP contribution in [0, 0.1) is 0 Å². The van der Waals surface area contributed by atoms with E-state index in [1.54, 1.807) is 14.2 Å². The number of carbonyl (C=O) groups is 2. The first-order chi connectivity index (χ1) is 9.15. The third-order valence-corrected chi connectivity index (χ3v) is 2.81. The smallest absolute Gasteiger partial charge is 0.253 e. The molecule has 1 unspecified atom stereocenters. The molecule has 0 aliphatic carbocycles. The van der Waals surface area contributed by atoms with Gasteiger partial charge in [-0.3, -0.25) is 9.59 Å². The number of nitrogens with zero attached hydrogens (tertiary/aromatic N) is 1. The first-order valence-electron chi connectivity index (χ1n) is 6.48. The van der Waals surface area contributed by atoms with Crippen molar-refractivity contribution >= 4 is 24.2 Å². The average Bonchev–Trinajstić information content (AvgIpc) is 2.43. The van der Waals surface area contributed by atoms with Gasteiger partial charge in [0.25, 0.3) is 5.91 Å². The van der Waals surface area contributed by atoms with Crippen molar-refractivity contribution in [2.75, 3.05) is 53.6 Å². The second kappa shape index (κ2) is 10.8. The van der Waals surface area contributed by atoms with Crippen LogP contribution in [0.15, 0.2) is 0 Å². The predicted molar refractivity (Wildman–Crippen MR) is 77.0 cm³/mol. The Labute approximate surface area is 125 Å². The lowest BCUT2D eigenvalue weighted by Gasteiger charge is -2.26. The first kappa shape index (κ1) is 19.1. The molecule has 20 heavy (non-hydrogen) atoms. The van der Waals surface area contributed by atoms with E-state index in [1.807, 2.05) is 0 Å². The van der Waals surface area contributed by atoms with Crippen molar-refractivity contribution in [1.29, 1.82) is 0 Å². The van der Waals surface area contributed by atoms with Crippen LogP contribution in [-0.4, -0.2) is 76.4 Å². The van der Waals surface area contributed by atoms with E-state index in [-0.39, 0.29) is 30.8 Å². The van der Waals surface area contributed by atoms with Crippen molar-refractivity contribution in [2.45, 2.75) is 12.5 Å². The molecule has 1 aliphatic rings. The molecule has 1 atom stereocenters. The molecule has 2 amide bonds. The zero-order chi connectivity index (χ0) is 14.1. The summed E-state index contributed by atoms with van der Waals surface area (Å²) in [7, 11) is 3.22. The van der Waals surface area contributed by atoms with Crippen molar-refractivity contribution in [3.05, 3.63) is 0 Å². The fourth-order valence-corrected chi connectivity index (χ4v) is 1.76. The minimum Gasteiger partial charge on any atom is -0.385 e. The second-order valence-corrected chi connectivity index (χ2v) is 4.45. The highest BCUT2D eigenvalue weighted by Gasteiger charge is 2.25. The zero-order valence-electron chi connectivity index (χ0n) is 12.0. The molecule has 7 nitrogen and oxygen atoms in total. The zero-order valence-corrected chi connectivity index (χ0v) is 12.8. The number of rotatable bonds is 7. The Balaban J connectivity index is 0.00000361. The van der Waals surface area contributed by atoms with Crippen LogP contribution in [0.4, 0.5) is 0 Å². The maximum absolute atomic E-state index is 12.0. The molecule has 0 aromatic heterocycles. The monoisotopic (exact) mass is 309 g/mol. The summed E-state index contributed by atoms with van der Waals surface area (Å²) in [6, 6.07) is 0. The Morgan fingerprint density at radius 2 is 2.25 bits per heavy atom. The van der Waals surface area contributed by atoms with E-state index in [4.69, 9.17) is 9.47 Å². The highest BCUT2D eigenvalue weighted by molar-refractivity contribution is 5.87. The molecule has 1 heterocycles. The fourth-order valence-electron chi connectivity index (χ4n) is 1.76. The third-order valence-electron chi connectivity index (χ3n) is 2.81. The molecule has 8 heteroatoms. The van der Waals surface area contributed by atoms with E-state index in [1.165, 1.54) is 4.90 Å². The van der Waals surface area contributed by atoms with Crippen LogP contribution in [0.25, 0.3) is 0 Å². The summed E-state index contributed by atoms with van der Waals surface area (Å²) in [4.78, 5) is 25.0. The Bertz CT molecular complexity index is 298. The van der Waals surface area contributed by atoms with Gasteiger partial charge in [-0.1, -0.05) is 0 Å². The molecule has 0 aromatic carbocycles. The lowest BCUT2D eigenvalue weighted by Crippen LogP contribution is -2.50. The molecule has 0 radical (unpaired) electrons. The maximum atomic E-state index is 12.0. The highest BCUT2D eigenvalue weighted by atomic mass is 35.5. The van der Waals surface area contributed by atoms with E-state index < -0.39 is 6.10 Å². The van der Waals surface area contributed by atoms with Crippen LogP contribution in [-0.2, 0) is 19.1 Å². The van der Waals surface area contributed by atoms with Crippen LogP contribution in [0.3, 0.4) is 0 Å². The molecule has 0 aromatic rings. The molecular formula is C12H24ClN3O4. The fraction of sp³-hybridized carbons (Fsp3) is 0.833. The van der Waals surface area contributed by atoms with E-state index >= 15 is 0 Å². The number of likely N-dealkylation sites (N-methyl/N-ethyl adjacent to an activating group) is 1. The number of hydrogen-bond acceptors (Lipinski definition) is 5. The van der Waals surface area contributed by atoms with E-state index in [2.05, 4.69) is 10.6 Å². The van der Waals surface area contributed by atoms with Crippen LogP contribution in [0.5, 0.6) is 0 Å². The molecule has 118 valence electrons. The lowest BCUT2D eigenvalue weighted by molar-refractivity contribution is -0.146. The predicted octanol–water partition coefficient (Wildman–Crippen LogP) is -0.992. The van der Waals surface area contributed by atoms with Gasteiger partial charge in [0, 0.05) is 40.4 Å². The maximum Gasteiger partial charge on any atom is 0.253 e. The van der Waals surface area contributed by atoms with Gasteiger partial charge in [0.15, 0.2) is 0 Å². The summed E-state index contributed by atoms with van der Waals surface area (Å²) >= 11 is 0. The summed E-state index contributed by atoms with van der Waals surface area (Å²) in [5.41, 5.74) is 0. The van der Waals surface area contributed by atoms with E-state index in [0.717, 1.165) is 13.0 Å². The van der Waals surface area contributed by atoms with Gasteiger partial charge in [0.1, 0.15) is 6.10 Å². The Morgan fingerprint density at radius 1 is 1.50 bits per heavy atom. The van der Waals surface area contributed by atoms with Crippen LogP contribution < -0.4 is 10.6 Å². The van der Waals surface area contributed by atoms with Gasteiger partial charge >= 0.3 is 0 Å². The molecule has 1 aliphatic heterocycles. The van der Waals surface area contributed by atoms with E-state index in [0.29, 0.717) is 26.3 Å². The Kier molecular flexibility index (Phi) is 10.4. The SMILES string of the molecule is COCCCNC(=O)CN(C)C(=O)C1CNCCO1.Cl. The number of carbonyl (C=O) groups excluding carboxylic acids is 2. The second-order valence-electron chi connectivity index (χ2n) is 4.45. The molecular weight excluding hydrogens is 286 g/mol. The van der Waals surface area contributed by atoms with Crippen molar-refractivity contribution in [3.63, 3.8) is 0 Å². The largest absolute Gasteiger partial charge is 0.385 e. The van der Waals surface area contributed by atoms with Gasteiger partial charge in [-0.25, -0.2) is 0 Å². The molecule has 1 fully saturated rings. The molecule has 0 bridgehead atoms. The summed E-state index contributed by atoms with van der Waals surface area (Å²) in [6.07, 6.45) is 0.273. The summed E-state index contributed by atoms with van der Waals surface area (Å²) in [6.45, 7) is 2.98. The van der Waals surface area contributed by atoms with Gasteiger partial charge in [0.2, 0.25) is 5.91 Å². The number of hydrogen-bond donors (Lipinski definition) is 2. The van der Waals surface area contributed by atoms with Gasteiger partial charge in [-0.15, -0.1) is 12.4 Å². The lowest BCUT2D eigenvalue weighted by atomic mass is 10.2. The van der Waals surface area contributed by atoms with Crippen molar-refractivity contribution in [1.82, 2.24) is 15.5 Å². The average molecular weight is 310 g/mol. The highest BCUT2D eigenvalue weighted by Crippen LogP contribution is 2.00. The Hall–Kier alpha value is -0.890. The number of nitrogens with one attached hydrogen (secondary N) is 2. The van der Waals surface area contributed by atoms with Crippen molar-refractivity contribution in [2.24, 2.45) is 0 Å². The van der Waals surface area contributed by atoms with Gasteiger partial charge < -0.3 is 25.0 Å².